The van der Waals surface area contributed by atoms with Gasteiger partial charge in [-0.05, 0) is 40.2 Å². The van der Waals surface area contributed by atoms with Crippen molar-refractivity contribution in [2.45, 2.75) is 6.54 Å². The number of hydrogen-bond acceptors (Lipinski definition) is 2. The number of halogens is 5. The fourth-order valence-corrected chi connectivity index (χ4v) is 2.98. The number of rotatable bonds is 3. The Balaban J connectivity index is 2.24. The van der Waals surface area contributed by atoms with Crippen molar-refractivity contribution in [3.8, 4) is 5.75 Å². The first-order valence-electron chi connectivity index (χ1n) is 5.44. The first kappa shape index (κ1) is 16.1. The third-order valence-corrected chi connectivity index (χ3v) is 4.89. The molecule has 2 rings (SSSR count). The first-order chi connectivity index (χ1) is 9.40. The van der Waals surface area contributed by atoms with Crippen LogP contribution in [0.5, 0.6) is 5.75 Å². The number of phenols is 1. The van der Waals surface area contributed by atoms with Crippen LogP contribution < -0.4 is 5.32 Å². The van der Waals surface area contributed by atoms with Crippen LogP contribution in [0.2, 0.25) is 20.1 Å². The number of aromatic hydroxyl groups is 1. The Morgan fingerprint density at radius 2 is 1.75 bits per heavy atom. The van der Waals surface area contributed by atoms with Crippen molar-refractivity contribution in [1.82, 2.24) is 0 Å². The molecule has 2 N–H and O–H groups in total. The van der Waals surface area contributed by atoms with Crippen LogP contribution in [0.25, 0.3) is 0 Å². The van der Waals surface area contributed by atoms with Gasteiger partial charge in [-0.2, -0.15) is 0 Å². The second kappa shape index (κ2) is 6.63. The SMILES string of the molecule is Oc1c(Cl)cc(Cl)cc1CNc1ccc(Br)c(Cl)c1Cl. The molecule has 0 unspecified atom stereocenters. The van der Waals surface area contributed by atoms with E-state index in [2.05, 4.69) is 21.2 Å². The molecule has 0 bridgehead atoms. The lowest BCUT2D eigenvalue weighted by Gasteiger charge is -2.12. The summed E-state index contributed by atoms with van der Waals surface area (Å²) in [6, 6.07) is 6.67. The van der Waals surface area contributed by atoms with Crippen LogP contribution in [0.4, 0.5) is 5.69 Å². The topological polar surface area (TPSA) is 32.3 Å². The summed E-state index contributed by atoms with van der Waals surface area (Å²) in [7, 11) is 0. The van der Waals surface area contributed by atoms with Crippen molar-refractivity contribution < 1.29 is 5.11 Å². The Hall–Kier alpha value is -0.320. The molecule has 0 aliphatic heterocycles. The number of phenolic OH excluding ortho intramolecular Hbond substituents is 1. The van der Waals surface area contributed by atoms with Gasteiger partial charge in [0.05, 0.1) is 20.8 Å². The highest BCUT2D eigenvalue weighted by Crippen LogP contribution is 2.37. The van der Waals surface area contributed by atoms with Crippen LogP contribution in [-0.4, -0.2) is 5.11 Å². The molecule has 0 aromatic heterocycles. The molecule has 0 aliphatic carbocycles. The maximum Gasteiger partial charge on any atom is 0.139 e. The molecule has 0 amide bonds. The number of nitrogens with one attached hydrogen (secondary N) is 1. The normalized spacial score (nSPS) is 10.7. The lowest BCUT2D eigenvalue weighted by Crippen LogP contribution is -2.01. The monoisotopic (exact) mass is 413 g/mol. The zero-order valence-electron chi connectivity index (χ0n) is 9.85. The molecule has 106 valence electrons. The van der Waals surface area contributed by atoms with Crippen LogP contribution in [0.15, 0.2) is 28.7 Å². The second-order valence-electron chi connectivity index (χ2n) is 3.97. The third-order valence-electron chi connectivity index (χ3n) is 2.61. The minimum Gasteiger partial charge on any atom is -0.506 e. The molecule has 0 saturated carbocycles. The van der Waals surface area contributed by atoms with E-state index >= 15 is 0 Å². The molecule has 0 aliphatic rings. The Labute approximate surface area is 144 Å². The summed E-state index contributed by atoms with van der Waals surface area (Å²) < 4.78 is 0.711. The van der Waals surface area contributed by atoms with Gasteiger partial charge in [-0.15, -0.1) is 0 Å². The van der Waals surface area contributed by atoms with Crippen LogP contribution in [0, 0.1) is 0 Å². The maximum atomic E-state index is 9.87. The first-order valence-corrected chi connectivity index (χ1v) is 7.75. The highest BCUT2D eigenvalue weighted by Gasteiger charge is 2.11. The predicted molar refractivity (Wildman–Crippen MR) is 89.6 cm³/mol. The predicted octanol–water partition coefficient (Wildman–Crippen LogP) is 6.38. The van der Waals surface area contributed by atoms with Crippen LogP contribution in [0.3, 0.4) is 0 Å². The summed E-state index contributed by atoms with van der Waals surface area (Å²) >= 11 is 27.2. The van der Waals surface area contributed by atoms with Crippen LogP contribution in [0.1, 0.15) is 5.56 Å². The summed E-state index contributed by atoms with van der Waals surface area (Å²) in [4.78, 5) is 0. The Bertz CT molecular complexity index is 663. The molecular formula is C13H8BrCl4NO. The van der Waals surface area contributed by atoms with E-state index in [1.54, 1.807) is 18.2 Å². The van der Waals surface area contributed by atoms with Crippen molar-refractivity contribution in [2.75, 3.05) is 5.32 Å². The van der Waals surface area contributed by atoms with E-state index in [-0.39, 0.29) is 10.8 Å². The van der Waals surface area contributed by atoms with Crippen LogP contribution in [-0.2, 0) is 6.54 Å². The fourth-order valence-electron chi connectivity index (χ4n) is 1.61. The second-order valence-corrected chi connectivity index (χ2v) is 6.43. The van der Waals surface area contributed by atoms with Gasteiger partial charge in [-0.1, -0.05) is 46.4 Å². The highest BCUT2D eigenvalue weighted by atomic mass is 79.9. The van der Waals surface area contributed by atoms with E-state index in [0.29, 0.717) is 37.3 Å². The molecular weight excluding hydrogens is 408 g/mol. The summed E-state index contributed by atoms with van der Waals surface area (Å²) in [5.41, 5.74) is 1.22. The summed E-state index contributed by atoms with van der Waals surface area (Å²) in [5.74, 6) is -0.0112. The summed E-state index contributed by atoms with van der Waals surface area (Å²) in [5, 5.41) is 14.4. The fraction of sp³-hybridized carbons (Fsp3) is 0.0769. The van der Waals surface area contributed by atoms with E-state index in [1.165, 1.54) is 6.07 Å². The molecule has 2 nitrogen and oxygen atoms in total. The molecule has 0 saturated heterocycles. The Morgan fingerprint density at radius 3 is 2.45 bits per heavy atom. The summed E-state index contributed by atoms with van der Waals surface area (Å²) in [6.07, 6.45) is 0. The average Bonchev–Trinajstić information content (AvgIpc) is 2.40. The van der Waals surface area contributed by atoms with Gasteiger partial charge < -0.3 is 10.4 Å². The molecule has 7 heteroatoms. The van der Waals surface area contributed by atoms with E-state index < -0.39 is 0 Å². The number of hydrogen-bond donors (Lipinski definition) is 2. The van der Waals surface area contributed by atoms with Crippen molar-refractivity contribution in [3.63, 3.8) is 0 Å². The largest absolute Gasteiger partial charge is 0.506 e. The molecule has 0 heterocycles. The van der Waals surface area contributed by atoms with Crippen molar-refractivity contribution in [1.29, 1.82) is 0 Å². The smallest absolute Gasteiger partial charge is 0.139 e. The van der Waals surface area contributed by atoms with E-state index in [4.69, 9.17) is 46.4 Å². The molecule has 0 atom stereocenters. The van der Waals surface area contributed by atoms with Gasteiger partial charge in [0, 0.05) is 21.6 Å². The van der Waals surface area contributed by atoms with E-state index in [0.717, 1.165) is 0 Å². The maximum absolute atomic E-state index is 9.87. The lowest BCUT2D eigenvalue weighted by molar-refractivity contribution is 0.469. The molecule has 20 heavy (non-hydrogen) atoms. The van der Waals surface area contributed by atoms with Gasteiger partial charge in [0.25, 0.3) is 0 Å². The third kappa shape index (κ3) is 3.46. The van der Waals surface area contributed by atoms with E-state index in [9.17, 15) is 5.11 Å². The molecule has 2 aromatic rings. The van der Waals surface area contributed by atoms with Gasteiger partial charge in [0.15, 0.2) is 0 Å². The quantitative estimate of drug-likeness (QED) is 0.570. The van der Waals surface area contributed by atoms with Crippen molar-refractivity contribution >= 4 is 68.0 Å². The van der Waals surface area contributed by atoms with Gasteiger partial charge >= 0.3 is 0 Å². The molecule has 0 fully saturated rings. The molecule has 2 aromatic carbocycles. The minimum absolute atomic E-state index is 0.0112. The highest BCUT2D eigenvalue weighted by molar-refractivity contribution is 9.10. The summed E-state index contributed by atoms with van der Waals surface area (Å²) in [6.45, 7) is 0.309. The lowest BCUT2D eigenvalue weighted by atomic mass is 10.2. The molecule has 0 radical (unpaired) electrons. The van der Waals surface area contributed by atoms with Crippen molar-refractivity contribution in [3.05, 3.63) is 54.4 Å². The average molecular weight is 416 g/mol. The Kier molecular flexibility index (Phi) is 5.32. The molecule has 0 spiro atoms. The van der Waals surface area contributed by atoms with Gasteiger partial charge in [0.1, 0.15) is 5.75 Å². The standard InChI is InChI=1S/C13H8BrCl4NO/c14-8-1-2-10(12(18)11(8)17)19-5-6-3-7(15)4-9(16)13(6)20/h1-4,19-20H,5H2. The minimum atomic E-state index is -0.0112. The number of anilines is 1. The van der Waals surface area contributed by atoms with Gasteiger partial charge in [-0.3, -0.25) is 0 Å². The number of benzene rings is 2. The van der Waals surface area contributed by atoms with Gasteiger partial charge in [0.2, 0.25) is 0 Å². The van der Waals surface area contributed by atoms with Crippen molar-refractivity contribution in [2.24, 2.45) is 0 Å². The van der Waals surface area contributed by atoms with Crippen LogP contribution >= 0.6 is 62.3 Å². The van der Waals surface area contributed by atoms with E-state index in [1.807, 2.05) is 0 Å². The zero-order valence-corrected chi connectivity index (χ0v) is 14.5. The van der Waals surface area contributed by atoms with Gasteiger partial charge in [-0.25, -0.2) is 0 Å². The zero-order chi connectivity index (χ0) is 14.9. The Morgan fingerprint density at radius 1 is 1.05 bits per heavy atom.